The van der Waals surface area contributed by atoms with Crippen LogP contribution in [0.15, 0.2) is 28.7 Å². The molecule has 8 heteroatoms. The smallest absolute Gasteiger partial charge is 0.331 e. The number of benzene rings is 1. The fraction of sp³-hybridized carbons (Fsp3) is 0.111. The second kappa shape index (κ2) is 5.46. The lowest BCUT2D eigenvalue weighted by atomic mass is 10.3. The molecule has 2 N–H and O–H groups in total. The number of carbonyl (C=O) groups is 1. The molecular weight excluding hydrogens is 321 g/mol. The number of para-hydroxylation sites is 1. The van der Waals surface area contributed by atoms with Crippen LogP contribution in [0.25, 0.3) is 0 Å². The molecule has 0 atom stereocenters. The van der Waals surface area contributed by atoms with E-state index in [9.17, 15) is 18.0 Å². The first-order chi connectivity index (χ1) is 7.80. The summed E-state index contributed by atoms with van der Waals surface area (Å²) in [6.07, 6.45) is -4.96. The molecule has 3 nitrogen and oxygen atoms in total. The highest BCUT2D eigenvalue weighted by Crippen LogP contribution is 2.21. The summed E-state index contributed by atoms with van der Waals surface area (Å²) < 4.78 is 36.4. The molecule has 0 aliphatic heterocycles. The Morgan fingerprint density at radius 1 is 1.29 bits per heavy atom. The van der Waals surface area contributed by atoms with Crippen LogP contribution in [-0.4, -0.2) is 17.2 Å². The number of halogens is 4. The summed E-state index contributed by atoms with van der Waals surface area (Å²) in [7, 11) is 0. The predicted octanol–water partition coefficient (Wildman–Crippen LogP) is 2.82. The van der Waals surface area contributed by atoms with Gasteiger partial charge in [-0.1, -0.05) is 12.1 Å². The molecular formula is C9H6BrF3N2OS. The average Bonchev–Trinajstić information content (AvgIpc) is 2.20. The quantitative estimate of drug-likeness (QED) is 0.780. The number of carbonyl (C=O) groups excluding carboxylic acids is 1. The van der Waals surface area contributed by atoms with Crippen molar-refractivity contribution in [3.63, 3.8) is 0 Å². The lowest BCUT2D eigenvalue weighted by Crippen LogP contribution is -2.42. The van der Waals surface area contributed by atoms with Gasteiger partial charge in [-0.15, -0.1) is 0 Å². The molecule has 0 saturated heterocycles. The van der Waals surface area contributed by atoms with Gasteiger partial charge in [0.05, 0.1) is 5.69 Å². The number of rotatable bonds is 1. The molecule has 1 aromatic rings. The minimum atomic E-state index is -4.96. The lowest BCUT2D eigenvalue weighted by molar-refractivity contribution is -0.171. The molecule has 0 fully saturated rings. The number of thiocarbonyl (C=S) groups is 1. The van der Waals surface area contributed by atoms with Gasteiger partial charge in [0.25, 0.3) is 0 Å². The van der Waals surface area contributed by atoms with E-state index in [1.54, 1.807) is 24.3 Å². The number of hydrogen-bond donors (Lipinski definition) is 2. The Hall–Kier alpha value is -1.15. The van der Waals surface area contributed by atoms with Gasteiger partial charge in [0, 0.05) is 4.47 Å². The van der Waals surface area contributed by atoms with Crippen molar-refractivity contribution in [2.24, 2.45) is 0 Å². The molecule has 0 saturated carbocycles. The lowest BCUT2D eigenvalue weighted by Gasteiger charge is -2.11. The van der Waals surface area contributed by atoms with Gasteiger partial charge < -0.3 is 5.32 Å². The highest BCUT2D eigenvalue weighted by atomic mass is 79.9. The Bertz CT molecular complexity index is 450. The van der Waals surface area contributed by atoms with E-state index in [1.165, 1.54) is 5.32 Å². The Labute approximate surface area is 109 Å². The maximum Gasteiger partial charge on any atom is 0.471 e. The molecule has 0 bridgehead atoms. The van der Waals surface area contributed by atoms with Gasteiger partial charge in [-0.05, 0) is 40.3 Å². The summed E-state index contributed by atoms with van der Waals surface area (Å²) in [5, 5.41) is 3.58. The largest absolute Gasteiger partial charge is 0.471 e. The number of anilines is 1. The molecule has 0 radical (unpaired) electrons. The van der Waals surface area contributed by atoms with E-state index in [0.29, 0.717) is 10.2 Å². The highest BCUT2D eigenvalue weighted by molar-refractivity contribution is 9.10. The van der Waals surface area contributed by atoms with Crippen molar-refractivity contribution in [2.45, 2.75) is 6.18 Å². The van der Waals surface area contributed by atoms with Crippen molar-refractivity contribution in [1.82, 2.24) is 5.32 Å². The zero-order valence-corrected chi connectivity index (χ0v) is 10.5. The van der Waals surface area contributed by atoms with E-state index in [-0.39, 0.29) is 0 Å². The summed E-state index contributed by atoms with van der Waals surface area (Å²) >= 11 is 7.75. The summed E-state index contributed by atoms with van der Waals surface area (Å²) in [6.45, 7) is 0. The van der Waals surface area contributed by atoms with Crippen molar-refractivity contribution in [3.8, 4) is 0 Å². The third-order valence-electron chi connectivity index (χ3n) is 1.61. The van der Waals surface area contributed by atoms with Gasteiger partial charge >= 0.3 is 12.1 Å². The molecule has 1 aromatic carbocycles. The SMILES string of the molecule is O=C(NC(=S)Nc1ccccc1Br)C(F)(F)F. The topological polar surface area (TPSA) is 41.1 Å². The molecule has 0 spiro atoms. The van der Waals surface area contributed by atoms with E-state index in [4.69, 9.17) is 0 Å². The van der Waals surface area contributed by atoms with E-state index in [2.05, 4.69) is 33.5 Å². The van der Waals surface area contributed by atoms with Crippen LogP contribution in [0.3, 0.4) is 0 Å². The van der Waals surface area contributed by atoms with Crippen molar-refractivity contribution < 1.29 is 18.0 Å². The van der Waals surface area contributed by atoms with Crippen molar-refractivity contribution in [2.75, 3.05) is 5.32 Å². The summed E-state index contributed by atoms with van der Waals surface area (Å²) in [6, 6.07) is 6.67. The van der Waals surface area contributed by atoms with E-state index >= 15 is 0 Å². The van der Waals surface area contributed by atoms with Crippen molar-refractivity contribution in [1.29, 1.82) is 0 Å². The summed E-state index contributed by atoms with van der Waals surface area (Å²) in [5.74, 6) is -2.11. The molecule has 0 aromatic heterocycles. The maximum absolute atomic E-state index is 11.9. The maximum atomic E-state index is 11.9. The minimum Gasteiger partial charge on any atom is -0.331 e. The third-order valence-corrected chi connectivity index (χ3v) is 2.50. The zero-order chi connectivity index (χ0) is 13.1. The molecule has 0 aliphatic carbocycles. The van der Waals surface area contributed by atoms with Crippen LogP contribution < -0.4 is 10.6 Å². The molecule has 92 valence electrons. The average molecular weight is 327 g/mol. The Morgan fingerprint density at radius 2 is 1.88 bits per heavy atom. The number of alkyl halides is 3. The van der Waals surface area contributed by atoms with Crippen LogP contribution in [0.4, 0.5) is 18.9 Å². The predicted molar refractivity (Wildman–Crippen MR) is 64.6 cm³/mol. The first-order valence-corrected chi connectivity index (χ1v) is 5.44. The monoisotopic (exact) mass is 326 g/mol. The standard InChI is InChI=1S/C9H6BrF3N2OS/c10-5-3-1-2-4-6(5)14-8(17)15-7(16)9(11,12)13/h1-4H,(H2,14,15,16,17). The number of nitrogens with one attached hydrogen (secondary N) is 2. The fourth-order valence-corrected chi connectivity index (χ4v) is 1.48. The number of amides is 1. The van der Waals surface area contributed by atoms with Crippen LogP contribution in [0.1, 0.15) is 0 Å². The molecule has 0 unspecified atom stereocenters. The summed E-state index contributed by atoms with van der Waals surface area (Å²) in [4.78, 5) is 10.6. The zero-order valence-electron chi connectivity index (χ0n) is 8.14. The van der Waals surface area contributed by atoms with Crippen LogP contribution >= 0.6 is 28.1 Å². The van der Waals surface area contributed by atoms with Gasteiger partial charge in [-0.2, -0.15) is 13.2 Å². The van der Waals surface area contributed by atoms with E-state index < -0.39 is 17.2 Å². The van der Waals surface area contributed by atoms with Gasteiger partial charge in [-0.3, -0.25) is 10.1 Å². The second-order valence-electron chi connectivity index (χ2n) is 2.89. The van der Waals surface area contributed by atoms with Crippen molar-refractivity contribution in [3.05, 3.63) is 28.7 Å². The summed E-state index contributed by atoms with van der Waals surface area (Å²) in [5.41, 5.74) is 0.458. The van der Waals surface area contributed by atoms with Crippen molar-refractivity contribution >= 4 is 44.9 Å². The van der Waals surface area contributed by atoms with Crippen LogP contribution in [0, 0.1) is 0 Å². The number of hydrogen-bond acceptors (Lipinski definition) is 2. The second-order valence-corrected chi connectivity index (χ2v) is 4.15. The van der Waals surface area contributed by atoms with Crippen LogP contribution in [0.2, 0.25) is 0 Å². The Balaban J connectivity index is 2.63. The van der Waals surface area contributed by atoms with Gasteiger partial charge in [0.2, 0.25) is 0 Å². The Morgan fingerprint density at radius 3 is 2.41 bits per heavy atom. The Kier molecular flexibility index (Phi) is 4.47. The van der Waals surface area contributed by atoms with E-state index in [1.807, 2.05) is 0 Å². The highest BCUT2D eigenvalue weighted by Gasteiger charge is 2.39. The molecule has 0 aliphatic rings. The first-order valence-electron chi connectivity index (χ1n) is 4.24. The fourth-order valence-electron chi connectivity index (χ4n) is 0.890. The first kappa shape index (κ1) is 13.9. The van der Waals surface area contributed by atoms with Gasteiger partial charge in [0.15, 0.2) is 5.11 Å². The third kappa shape index (κ3) is 4.31. The normalized spacial score (nSPS) is 10.8. The van der Waals surface area contributed by atoms with Crippen LogP contribution in [0.5, 0.6) is 0 Å². The van der Waals surface area contributed by atoms with Gasteiger partial charge in [-0.25, -0.2) is 0 Å². The molecule has 1 amide bonds. The molecule has 17 heavy (non-hydrogen) atoms. The molecule has 0 heterocycles. The van der Waals surface area contributed by atoms with E-state index in [0.717, 1.165) is 0 Å². The van der Waals surface area contributed by atoms with Gasteiger partial charge in [0.1, 0.15) is 0 Å². The molecule has 1 rings (SSSR count). The minimum absolute atomic E-state index is 0.417. The van der Waals surface area contributed by atoms with Crippen LogP contribution in [-0.2, 0) is 4.79 Å².